The van der Waals surface area contributed by atoms with Crippen LogP contribution in [-0.2, 0) is 0 Å². The molecule has 0 aliphatic heterocycles. The zero-order valence-electron chi connectivity index (χ0n) is 13.8. The zero-order chi connectivity index (χ0) is 15.8. The Kier molecular flexibility index (Phi) is 6.02. The highest BCUT2D eigenvalue weighted by molar-refractivity contribution is 5.69. The van der Waals surface area contributed by atoms with Crippen LogP contribution in [0.4, 0.5) is 11.4 Å². The fourth-order valence-corrected chi connectivity index (χ4v) is 2.60. The fourth-order valence-electron chi connectivity index (χ4n) is 2.60. The van der Waals surface area contributed by atoms with Gasteiger partial charge in [-0.3, -0.25) is 0 Å². The summed E-state index contributed by atoms with van der Waals surface area (Å²) in [7, 11) is 0. The van der Waals surface area contributed by atoms with E-state index in [0.717, 1.165) is 12.8 Å². The van der Waals surface area contributed by atoms with Crippen molar-refractivity contribution in [2.75, 3.05) is 4.90 Å². The average molecular weight is 291 g/mol. The number of allylic oxidation sites excluding steroid dienone is 4. The first-order valence-electron chi connectivity index (χ1n) is 8.12. The minimum atomic E-state index is 1.08. The number of para-hydroxylation sites is 1. The van der Waals surface area contributed by atoms with Crippen LogP contribution in [0.1, 0.15) is 32.3 Å². The molecule has 114 valence electrons. The van der Waals surface area contributed by atoms with Gasteiger partial charge in [-0.15, -0.1) is 0 Å². The highest BCUT2D eigenvalue weighted by Crippen LogP contribution is 2.33. The van der Waals surface area contributed by atoms with Crippen LogP contribution >= 0.6 is 0 Å². The lowest BCUT2D eigenvalue weighted by Crippen LogP contribution is -2.17. The summed E-state index contributed by atoms with van der Waals surface area (Å²) in [6.45, 7) is 6.14. The number of hydrogen-bond donors (Lipinski definition) is 0. The minimum absolute atomic E-state index is 1.08. The molecular formula is C21H25N. The summed E-state index contributed by atoms with van der Waals surface area (Å²) in [6.07, 6.45) is 8.80. The molecule has 0 amide bonds. The van der Waals surface area contributed by atoms with Gasteiger partial charge in [0.25, 0.3) is 0 Å². The Hall–Kier alpha value is -2.28. The maximum absolute atomic E-state index is 2.36. The normalized spacial score (nSPS) is 13.0. The molecule has 0 bridgehead atoms. The third-order valence-corrected chi connectivity index (χ3v) is 3.55. The molecule has 0 unspecified atom stereocenters. The molecule has 0 fully saturated rings. The molecule has 0 radical (unpaired) electrons. The van der Waals surface area contributed by atoms with Crippen molar-refractivity contribution >= 4 is 11.4 Å². The molecule has 0 heterocycles. The lowest BCUT2D eigenvalue weighted by atomic mass is 10.1. The van der Waals surface area contributed by atoms with Gasteiger partial charge in [0.15, 0.2) is 0 Å². The van der Waals surface area contributed by atoms with Gasteiger partial charge in [-0.05, 0) is 55.7 Å². The lowest BCUT2D eigenvalue weighted by Gasteiger charge is -2.29. The van der Waals surface area contributed by atoms with Crippen molar-refractivity contribution in [3.05, 3.63) is 84.1 Å². The van der Waals surface area contributed by atoms with Crippen molar-refractivity contribution in [2.45, 2.75) is 33.6 Å². The molecule has 2 aromatic carbocycles. The maximum atomic E-state index is 2.36. The Morgan fingerprint density at radius 3 is 2.23 bits per heavy atom. The van der Waals surface area contributed by atoms with Crippen molar-refractivity contribution in [2.24, 2.45) is 0 Å². The van der Waals surface area contributed by atoms with E-state index < -0.39 is 0 Å². The van der Waals surface area contributed by atoms with Gasteiger partial charge in [0.05, 0.1) is 0 Å². The quantitative estimate of drug-likeness (QED) is 0.633. The van der Waals surface area contributed by atoms with Gasteiger partial charge in [-0.25, -0.2) is 0 Å². The van der Waals surface area contributed by atoms with Gasteiger partial charge in [0.2, 0.25) is 0 Å². The van der Waals surface area contributed by atoms with Gasteiger partial charge >= 0.3 is 0 Å². The number of benzene rings is 2. The van der Waals surface area contributed by atoms with Gasteiger partial charge in [-0.1, -0.05) is 56.3 Å². The third-order valence-electron chi connectivity index (χ3n) is 3.55. The van der Waals surface area contributed by atoms with Crippen LogP contribution in [0.25, 0.3) is 0 Å². The molecule has 2 aromatic rings. The number of aryl methyl sites for hydroxylation is 1. The molecule has 1 aliphatic carbocycles. The largest absolute Gasteiger partial charge is 0.314 e. The van der Waals surface area contributed by atoms with E-state index in [-0.39, 0.29) is 0 Å². The molecule has 0 N–H and O–H groups in total. The highest BCUT2D eigenvalue weighted by Gasteiger charge is 2.14. The van der Waals surface area contributed by atoms with E-state index in [1.165, 1.54) is 22.6 Å². The molecule has 0 saturated carbocycles. The molecule has 0 saturated heterocycles. The smallest absolute Gasteiger partial charge is 0.0461 e. The van der Waals surface area contributed by atoms with Crippen LogP contribution in [0.2, 0.25) is 0 Å². The monoisotopic (exact) mass is 291 g/mol. The Morgan fingerprint density at radius 2 is 1.59 bits per heavy atom. The predicted octanol–water partition coefficient (Wildman–Crippen LogP) is 6.39. The fraction of sp³-hybridized carbons (Fsp3) is 0.238. The first-order chi connectivity index (χ1) is 10.8. The van der Waals surface area contributed by atoms with Crippen molar-refractivity contribution in [1.29, 1.82) is 0 Å². The van der Waals surface area contributed by atoms with Crippen molar-refractivity contribution in [1.82, 2.24) is 0 Å². The molecule has 1 aliphatic rings. The van der Waals surface area contributed by atoms with E-state index in [2.05, 4.69) is 84.6 Å². The first kappa shape index (κ1) is 16.1. The van der Waals surface area contributed by atoms with Crippen LogP contribution in [-0.4, -0.2) is 0 Å². The Labute approximate surface area is 134 Å². The number of rotatable bonds is 3. The van der Waals surface area contributed by atoms with Crippen LogP contribution in [0, 0.1) is 6.92 Å². The van der Waals surface area contributed by atoms with E-state index in [0.29, 0.717) is 0 Å². The van der Waals surface area contributed by atoms with Crippen LogP contribution in [0.15, 0.2) is 78.5 Å². The molecule has 3 rings (SSSR count). The first-order valence-corrected chi connectivity index (χ1v) is 8.12. The summed E-state index contributed by atoms with van der Waals surface area (Å²) < 4.78 is 0. The second-order valence-corrected chi connectivity index (χ2v) is 5.13. The van der Waals surface area contributed by atoms with Crippen molar-refractivity contribution in [3.8, 4) is 0 Å². The number of anilines is 2. The maximum Gasteiger partial charge on any atom is 0.0461 e. The summed E-state index contributed by atoms with van der Waals surface area (Å²) in [5.74, 6) is 0. The van der Waals surface area contributed by atoms with E-state index in [4.69, 9.17) is 0 Å². The van der Waals surface area contributed by atoms with Crippen LogP contribution in [0.3, 0.4) is 0 Å². The summed E-state index contributed by atoms with van der Waals surface area (Å²) in [4.78, 5) is 2.36. The van der Waals surface area contributed by atoms with E-state index in [9.17, 15) is 0 Å². The second kappa shape index (κ2) is 8.23. The summed E-state index contributed by atoms with van der Waals surface area (Å²) in [5, 5.41) is 0. The molecule has 1 heteroatoms. The van der Waals surface area contributed by atoms with Crippen molar-refractivity contribution < 1.29 is 0 Å². The van der Waals surface area contributed by atoms with Gasteiger partial charge in [-0.2, -0.15) is 0 Å². The Morgan fingerprint density at radius 1 is 0.864 bits per heavy atom. The predicted molar refractivity (Wildman–Crippen MR) is 97.6 cm³/mol. The Balaban J connectivity index is 0.000000847. The second-order valence-electron chi connectivity index (χ2n) is 5.13. The van der Waals surface area contributed by atoms with Gasteiger partial charge < -0.3 is 4.90 Å². The summed E-state index contributed by atoms with van der Waals surface area (Å²) >= 11 is 0. The molecule has 0 spiro atoms. The molecule has 1 nitrogen and oxygen atoms in total. The molecule has 22 heavy (non-hydrogen) atoms. The van der Waals surface area contributed by atoms with E-state index >= 15 is 0 Å². The topological polar surface area (TPSA) is 3.24 Å². The van der Waals surface area contributed by atoms with E-state index in [1.54, 1.807) is 0 Å². The van der Waals surface area contributed by atoms with Crippen LogP contribution < -0.4 is 4.90 Å². The SMILES string of the molecule is CC.Cc1cccc(N(C2=CC=CCC2)c2ccccc2)c1. The summed E-state index contributed by atoms with van der Waals surface area (Å²) in [5.41, 5.74) is 5.09. The molecule has 0 aromatic heterocycles. The average Bonchev–Trinajstić information content (AvgIpc) is 2.59. The van der Waals surface area contributed by atoms with Crippen molar-refractivity contribution in [3.63, 3.8) is 0 Å². The Bertz CT molecular complexity index is 638. The third kappa shape index (κ3) is 3.88. The lowest BCUT2D eigenvalue weighted by molar-refractivity contribution is 0.917. The number of hydrogen-bond acceptors (Lipinski definition) is 1. The standard InChI is InChI=1S/C19H19N.C2H6/c1-16-9-8-14-19(15-16)20(17-10-4-2-5-11-17)18-12-6-3-7-13-18;1-2/h2-6,8-12,14-15H,7,13H2,1H3;1-2H3. The molecular weight excluding hydrogens is 266 g/mol. The minimum Gasteiger partial charge on any atom is -0.314 e. The van der Waals surface area contributed by atoms with E-state index in [1.807, 2.05) is 13.8 Å². The van der Waals surface area contributed by atoms with Gasteiger partial charge in [0, 0.05) is 17.1 Å². The zero-order valence-corrected chi connectivity index (χ0v) is 13.8. The van der Waals surface area contributed by atoms with Crippen LogP contribution in [0.5, 0.6) is 0 Å². The number of nitrogens with zero attached hydrogens (tertiary/aromatic N) is 1. The molecule has 0 atom stereocenters. The highest BCUT2D eigenvalue weighted by atomic mass is 15.1. The van der Waals surface area contributed by atoms with Gasteiger partial charge in [0.1, 0.15) is 0 Å². The summed E-state index contributed by atoms with van der Waals surface area (Å²) in [6, 6.07) is 19.3.